The van der Waals surface area contributed by atoms with Crippen molar-refractivity contribution in [1.29, 1.82) is 0 Å². The first-order valence-corrected chi connectivity index (χ1v) is 8.42. The van der Waals surface area contributed by atoms with Crippen LogP contribution in [0.1, 0.15) is 46.0 Å². The van der Waals surface area contributed by atoms with Gasteiger partial charge >= 0.3 is 0 Å². The van der Waals surface area contributed by atoms with Crippen molar-refractivity contribution in [3.63, 3.8) is 0 Å². The molecule has 21 heavy (non-hydrogen) atoms. The van der Waals surface area contributed by atoms with Gasteiger partial charge in [0.15, 0.2) is 0 Å². The van der Waals surface area contributed by atoms with Crippen molar-refractivity contribution in [2.75, 3.05) is 6.54 Å². The Morgan fingerprint density at radius 1 is 1.24 bits per heavy atom. The fraction of sp³-hybridized carbons (Fsp3) is 0.632. The highest BCUT2D eigenvalue weighted by Crippen LogP contribution is 2.61. The van der Waals surface area contributed by atoms with Gasteiger partial charge in [-0.15, -0.1) is 0 Å². The van der Waals surface area contributed by atoms with Crippen molar-refractivity contribution >= 4 is 5.91 Å². The Kier molecular flexibility index (Phi) is 2.76. The second kappa shape index (κ2) is 4.34. The molecule has 4 aliphatic rings. The lowest BCUT2D eigenvalue weighted by Crippen LogP contribution is -2.45. The largest absolute Gasteiger partial charge is 0.353 e. The van der Waals surface area contributed by atoms with E-state index in [2.05, 4.69) is 37.4 Å². The van der Waals surface area contributed by atoms with E-state index in [1.807, 2.05) is 6.08 Å². The molecule has 0 bridgehead atoms. The Balaban J connectivity index is 1.73. The van der Waals surface area contributed by atoms with E-state index in [1.165, 1.54) is 24.8 Å². The monoisotopic (exact) mass is 283 g/mol. The van der Waals surface area contributed by atoms with E-state index in [1.54, 1.807) is 5.57 Å². The summed E-state index contributed by atoms with van der Waals surface area (Å²) in [7, 11) is 0. The summed E-state index contributed by atoms with van der Waals surface area (Å²) in [6.07, 6.45) is 15.0. The summed E-state index contributed by atoms with van der Waals surface area (Å²) in [4.78, 5) is 11.9. The van der Waals surface area contributed by atoms with Crippen LogP contribution < -0.4 is 5.32 Å². The normalized spacial score (nSPS) is 44.8. The molecule has 0 aromatic rings. The maximum Gasteiger partial charge on any atom is 0.243 e. The molecular weight excluding hydrogens is 258 g/mol. The van der Waals surface area contributed by atoms with Gasteiger partial charge in [0, 0.05) is 18.0 Å². The standard InChI is InChI=1S/C19H25NO/c1-18-8-3-4-15(18)14-6-5-13-12-17(21)20-11-10-19(13,2)16(14)7-9-18/h3-4,8,12,14,16H,5-7,9-11H2,1-2H3,(H,20,21). The van der Waals surface area contributed by atoms with Gasteiger partial charge in [0.2, 0.25) is 5.91 Å². The zero-order chi connectivity index (χ0) is 14.7. The van der Waals surface area contributed by atoms with Crippen LogP contribution >= 0.6 is 0 Å². The molecule has 2 heteroatoms. The van der Waals surface area contributed by atoms with Crippen molar-refractivity contribution < 1.29 is 4.79 Å². The average molecular weight is 283 g/mol. The Morgan fingerprint density at radius 2 is 2.10 bits per heavy atom. The minimum Gasteiger partial charge on any atom is -0.353 e. The topological polar surface area (TPSA) is 29.1 Å². The quantitative estimate of drug-likeness (QED) is 0.720. The molecular formula is C19H25NO. The smallest absolute Gasteiger partial charge is 0.243 e. The summed E-state index contributed by atoms with van der Waals surface area (Å²) in [6.45, 7) is 5.65. The zero-order valence-corrected chi connectivity index (χ0v) is 13.1. The number of nitrogens with one attached hydrogen (secondary N) is 1. The first-order chi connectivity index (χ1) is 10.0. The Hall–Kier alpha value is -1.31. The molecule has 2 nitrogen and oxygen atoms in total. The van der Waals surface area contributed by atoms with Gasteiger partial charge in [-0.2, -0.15) is 0 Å². The molecule has 4 rings (SSSR count). The van der Waals surface area contributed by atoms with E-state index >= 15 is 0 Å². The summed E-state index contributed by atoms with van der Waals surface area (Å²) >= 11 is 0. The first kappa shape index (κ1) is 13.4. The number of carbonyl (C=O) groups is 1. The van der Waals surface area contributed by atoms with Crippen molar-refractivity contribution in [2.24, 2.45) is 22.7 Å². The lowest BCUT2D eigenvalue weighted by atomic mass is 9.50. The van der Waals surface area contributed by atoms with Crippen LogP contribution in [0.15, 0.2) is 35.5 Å². The number of hydrogen-bond acceptors (Lipinski definition) is 1. The molecule has 4 unspecified atom stereocenters. The van der Waals surface area contributed by atoms with Gasteiger partial charge in [0.1, 0.15) is 0 Å². The molecule has 2 fully saturated rings. The lowest BCUT2D eigenvalue weighted by molar-refractivity contribution is -0.116. The third kappa shape index (κ3) is 1.81. The van der Waals surface area contributed by atoms with E-state index in [0.717, 1.165) is 19.4 Å². The van der Waals surface area contributed by atoms with E-state index in [0.29, 0.717) is 17.3 Å². The lowest BCUT2D eigenvalue weighted by Gasteiger charge is -2.54. The third-order valence-corrected chi connectivity index (χ3v) is 6.78. The van der Waals surface area contributed by atoms with E-state index in [9.17, 15) is 4.79 Å². The van der Waals surface area contributed by atoms with Gasteiger partial charge in [-0.25, -0.2) is 0 Å². The van der Waals surface area contributed by atoms with Gasteiger partial charge in [0.05, 0.1) is 0 Å². The van der Waals surface area contributed by atoms with Crippen molar-refractivity contribution in [1.82, 2.24) is 5.32 Å². The summed E-state index contributed by atoms with van der Waals surface area (Å²) in [6, 6.07) is 0. The average Bonchev–Trinajstić information content (AvgIpc) is 2.76. The van der Waals surface area contributed by atoms with Crippen LogP contribution in [0.25, 0.3) is 0 Å². The van der Waals surface area contributed by atoms with Gasteiger partial charge in [0.25, 0.3) is 0 Å². The number of carbonyl (C=O) groups excluding carboxylic acids is 1. The number of amides is 1. The van der Waals surface area contributed by atoms with Crippen LogP contribution in [0, 0.1) is 22.7 Å². The Labute approximate surface area is 127 Å². The summed E-state index contributed by atoms with van der Waals surface area (Å²) in [5.74, 6) is 1.55. The molecule has 0 radical (unpaired) electrons. The molecule has 112 valence electrons. The highest BCUT2D eigenvalue weighted by Gasteiger charge is 2.52. The number of rotatable bonds is 0. The second-order valence-electron chi connectivity index (χ2n) is 7.82. The Morgan fingerprint density at radius 3 is 2.95 bits per heavy atom. The molecule has 1 amide bonds. The van der Waals surface area contributed by atoms with Crippen LogP contribution in [-0.2, 0) is 4.79 Å². The number of allylic oxidation sites excluding steroid dienone is 5. The van der Waals surface area contributed by atoms with Crippen LogP contribution in [0.3, 0.4) is 0 Å². The third-order valence-electron chi connectivity index (χ3n) is 6.78. The van der Waals surface area contributed by atoms with Crippen LogP contribution in [0.5, 0.6) is 0 Å². The van der Waals surface area contributed by atoms with Crippen LogP contribution in [0.4, 0.5) is 0 Å². The summed E-state index contributed by atoms with van der Waals surface area (Å²) in [5, 5.41) is 3.03. The van der Waals surface area contributed by atoms with E-state index in [-0.39, 0.29) is 11.3 Å². The molecule has 0 saturated heterocycles. The maximum atomic E-state index is 11.9. The van der Waals surface area contributed by atoms with Crippen LogP contribution in [0.2, 0.25) is 0 Å². The molecule has 1 heterocycles. The number of fused-ring (bicyclic) bond motifs is 5. The Bertz CT molecular complexity index is 584. The van der Waals surface area contributed by atoms with Gasteiger partial charge in [-0.1, -0.05) is 43.2 Å². The predicted octanol–water partition coefficient (Wildman–Crippen LogP) is 3.76. The number of hydrogen-bond donors (Lipinski definition) is 1. The minimum absolute atomic E-state index is 0.120. The van der Waals surface area contributed by atoms with E-state index < -0.39 is 0 Å². The fourth-order valence-corrected chi connectivity index (χ4v) is 5.49. The molecule has 1 aliphatic heterocycles. The SMILES string of the molecule is CC12C=CC=C1C1CCC3=CC(=O)NCCC3(C)C1CC2. The van der Waals surface area contributed by atoms with Crippen LogP contribution in [-0.4, -0.2) is 12.5 Å². The predicted molar refractivity (Wildman–Crippen MR) is 84.6 cm³/mol. The molecule has 1 N–H and O–H groups in total. The molecule has 0 aromatic heterocycles. The first-order valence-electron chi connectivity index (χ1n) is 8.42. The molecule has 2 saturated carbocycles. The van der Waals surface area contributed by atoms with Crippen molar-refractivity contribution in [3.8, 4) is 0 Å². The summed E-state index contributed by atoms with van der Waals surface area (Å²) in [5.41, 5.74) is 3.61. The second-order valence-corrected chi connectivity index (χ2v) is 7.82. The maximum absolute atomic E-state index is 11.9. The zero-order valence-electron chi connectivity index (χ0n) is 13.1. The van der Waals surface area contributed by atoms with Crippen molar-refractivity contribution in [3.05, 3.63) is 35.5 Å². The molecule has 0 aromatic carbocycles. The van der Waals surface area contributed by atoms with Gasteiger partial charge in [-0.05, 0) is 49.4 Å². The molecule has 4 atom stereocenters. The van der Waals surface area contributed by atoms with Gasteiger partial charge < -0.3 is 5.32 Å². The molecule has 0 spiro atoms. The molecule has 3 aliphatic carbocycles. The minimum atomic E-state index is 0.120. The van der Waals surface area contributed by atoms with E-state index in [4.69, 9.17) is 0 Å². The van der Waals surface area contributed by atoms with Gasteiger partial charge in [-0.3, -0.25) is 4.79 Å². The summed E-state index contributed by atoms with van der Waals surface area (Å²) < 4.78 is 0. The highest BCUT2D eigenvalue weighted by molar-refractivity contribution is 5.88. The fourth-order valence-electron chi connectivity index (χ4n) is 5.49. The van der Waals surface area contributed by atoms with Crippen molar-refractivity contribution in [2.45, 2.75) is 46.0 Å². The highest BCUT2D eigenvalue weighted by atomic mass is 16.1.